The third-order valence-corrected chi connectivity index (χ3v) is 4.51. The van der Waals surface area contributed by atoms with E-state index >= 15 is 0 Å². The van der Waals surface area contributed by atoms with Gasteiger partial charge in [0.15, 0.2) is 0 Å². The van der Waals surface area contributed by atoms with E-state index in [0.717, 1.165) is 0 Å². The van der Waals surface area contributed by atoms with Gasteiger partial charge in [0, 0.05) is 17.9 Å². The molecule has 2 amide bonds. The molecule has 10 nitrogen and oxygen atoms in total. The summed E-state index contributed by atoms with van der Waals surface area (Å²) in [5, 5.41) is 23.5. The van der Waals surface area contributed by atoms with Crippen LogP contribution in [0.3, 0.4) is 0 Å². The van der Waals surface area contributed by atoms with Gasteiger partial charge in [-0.1, -0.05) is 23.7 Å². The Morgan fingerprint density at radius 3 is 2.27 bits per heavy atom. The SMILES string of the molecule is NCCC[C@H](NC(=O)[C@@H](N)CCC(=O)O)C(=O)N[C@H](Cc1cccc(Cl)c1)C(=O)O. The zero-order valence-electron chi connectivity index (χ0n) is 16.3. The molecular weight excluding hydrogens is 416 g/mol. The number of carboxylic acids is 2. The number of benzene rings is 1. The monoisotopic (exact) mass is 442 g/mol. The average molecular weight is 443 g/mol. The van der Waals surface area contributed by atoms with Crippen LogP contribution in [0.15, 0.2) is 24.3 Å². The predicted molar refractivity (Wildman–Crippen MR) is 110 cm³/mol. The van der Waals surface area contributed by atoms with Gasteiger partial charge in [-0.15, -0.1) is 0 Å². The van der Waals surface area contributed by atoms with E-state index < -0.39 is 41.9 Å². The highest BCUT2D eigenvalue weighted by Crippen LogP contribution is 2.13. The first kappa shape index (κ1) is 25.3. The van der Waals surface area contributed by atoms with Crippen LogP contribution in [0, 0.1) is 0 Å². The van der Waals surface area contributed by atoms with Crippen LogP contribution in [-0.4, -0.2) is 58.6 Å². The lowest BCUT2D eigenvalue weighted by molar-refractivity contribution is -0.142. The van der Waals surface area contributed by atoms with Crippen LogP contribution in [-0.2, 0) is 25.6 Å². The maximum absolute atomic E-state index is 12.7. The minimum Gasteiger partial charge on any atom is -0.481 e. The normalized spacial score (nSPS) is 13.7. The third kappa shape index (κ3) is 9.21. The molecule has 0 fully saturated rings. The summed E-state index contributed by atoms with van der Waals surface area (Å²) in [5.41, 5.74) is 11.8. The van der Waals surface area contributed by atoms with Gasteiger partial charge in [-0.2, -0.15) is 0 Å². The van der Waals surface area contributed by atoms with Crippen molar-refractivity contribution in [1.29, 1.82) is 0 Å². The lowest BCUT2D eigenvalue weighted by Gasteiger charge is -2.23. The Kier molecular flexibility index (Phi) is 10.8. The number of carboxylic acid groups (broad SMARTS) is 2. The summed E-state index contributed by atoms with van der Waals surface area (Å²) >= 11 is 5.91. The van der Waals surface area contributed by atoms with E-state index in [0.29, 0.717) is 17.0 Å². The highest BCUT2D eigenvalue weighted by atomic mass is 35.5. The van der Waals surface area contributed by atoms with Crippen molar-refractivity contribution in [3.8, 4) is 0 Å². The second-order valence-electron chi connectivity index (χ2n) is 6.76. The van der Waals surface area contributed by atoms with Gasteiger partial charge in [-0.05, 0) is 43.5 Å². The fraction of sp³-hybridized carbons (Fsp3) is 0.474. The number of aliphatic carboxylic acids is 2. The molecule has 1 aromatic carbocycles. The summed E-state index contributed by atoms with van der Waals surface area (Å²) < 4.78 is 0. The number of halogens is 1. The molecule has 8 N–H and O–H groups in total. The van der Waals surface area contributed by atoms with Crippen molar-refractivity contribution in [1.82, 2.24) is 10.6 Å². The van der Waals surface area contributed by atoms with Crippen molar-refractivity contribution in [3.05, 3.63) is 34.9 Å². The van der Waals surface area contributed by atoms with Crippen molar-refractivity contribution in [2.45, 2.75) is 50.2 Å². The first-order valence-electron chi connectivity index (χ1n) is 9.39. The Labute approximate surface area is 178 Å². The Hall–Kier alpha value is -2.69. The molecule has 0 aliphatic heterocycles. The smallest absolute Gasteiger partial charge is 0.326 e. The van der Waals surface area contributed by atoms with Crippen LogP contribution >= 0.6 is 11.6 Å². The van der Waals surface area contributed by atoms with Gasteiger partial charge in [0.05, 0.1) is 6.04 Å². The fourth-order valence-corrected chi connectivity index (χ4v) is 2.86. The van der Waals surface area contributed by atoms with Gasteiger partial charge in [0.1, 0.15) is 12.1 Å². The summed E-state index contributed by atoms with van der Waals surface area (Å²) in [5.74, 6) is -3.74. The van der Waals surface area contributed by atoms with Crippen LogP contribution in [0.5, 0.6) is 0 Å². The van der Waals surface area contributed by atoms with E-state index in [1.54, 1.807) is 24.3 Å². The first-order valence-corrected chi connectivity index (χ1v) is 9.77. The summed E-state index contributed by atoms with van der Waals surface area (Å²) in [7, 11) is 0. The molecule has 0 unspecified atom stereocenters. The number of hydrogen-bond donors (Lipinski definition) is 6. The molecule has 0 spiro atoms. The lowest BCUT2D eigenvalue weighted by Crippen LogP contribution is -2.55. The lowest BCUT2D eigenvalue weighted by atomic mass is 10.0. The molecule has 166 valence electrons. The summed E-state index contributed by atoms with van der Waals surface area (Å²) in [6, 6.07) is 3.18. The summed E-state index contributed by atoms with van der Waals surface area (Å²) in [6.07, 6.45) is 0.170. The Balaban J connectivity index is 2.82. The van der Waals surface area contributed by atoms with Crippen LogP contribution in [0.25, 0.3) is 0 Å². The van der Waals surface area contributed by atoms with Crippen molar-refractivity contribution in [2.75, 3.05) is 6.54 Å². The molecule has 3 atom stereocenters. The molecule has 0 saturated carbocycles. The molecule has 1 rings (SSSR count). The van der Waals surface area contributed by atoms with E-state index in [9.17, 15) is 24.3 Å². The molecular formula is C19H27ClN4O6. The standard InChI is InChI=1S/C19H27ClN4O6/c20-12-4-1-3-11(9-12)10-15(19(29)30)24-18(28)14(5-2-8-21)23-17(27)13(22)6-7-16(25)26/h1,3-4,9,13-15H,2,5-8,10,21-22H2,(H,23,27)(H,24,28)(H,25,26)(H,29,30)/t13-,14-,15+/m0/s1. The quantitative estimate of drug-likeness (QED) is 0.244. The second kappa shape index (κ2) is 12.8. The maximum atomic E-state index is 12.7. The highest BCUT2D eigenvalue weighted by molar-refractivity contribution is 6.30. The number of rotatable bonds is 13. The number of carbonyl (C=O) groups excluding carboxylic acids is 2. The van der Waals surface area contributed by atoms with Crippen molar-refractivity contribution in [3.63, 3.8) is 0 Å². The molecule has 0 aromatic heterocycles. The third-order valence-electron chi connectivity index (χ3n) is 4.28. The number of hydrogen-bond acceptors (Lipinski definition) is 6. The highest BCUT2D eigenvalue weighted by Gasteiger charge is 2.28. The second-order valence-corrected chi connectivity index (χ2v) is 7.20. The predicted octanol–water partition coefficient (Wildman–Crippen LogP) is -0.132. The number of nitrogens with one attached hydrogen (secondary N) is 2. The van der Waals surface area contributed by atoms with E-state index in [4.69, 9.17) is 28.2 Å². The van der Waals surface area contributed by atoms with E-state index in [-0.39, 0.29) is 32.2 Å². The van der Waals surface area contributed by atoms with E-state index in [2.05, 4.69) is 10.6 Å². The Morgan fingerprint density at radius 1 is 1.03 bits per heavy atom. The number of carbonyl (C=O) groups is 4. The minimum absolute atomic E-state index is 0.00266. The summed E-state index contributed by atoms with van der Waals surface area (Å²) in [6.45, 7) is 0.260. The number of nitrogens with two attached hydrogens (primary N) is 2. The molecule has 0 saturated heterocycles. The molecule has 0 radical (unpaired) electrons. The van der Waals surface area contributed by atoms with Gasteiger partial charge in [-0.3, -0.25) is 14.4 Å². The largest absolute Gasteiger partial charge is 0.481 e. The Morgan fingerprint density at radius 2 is 1.70 bits per heavy atom. The van der Waals surface area contributed by atoms with Crippen molar-refractivity contribution < 1.29 is 29.4 Å². The zero-order valence-corrected chi connectivity index (χ0v) is 17.1. The summed E-state index contributed by atoms with van der Waals surface area (Å²) in [4.78, 5) is 47.1. The van der Waals surface area contributed by atoms with Gasteiger partial charge >= 0.3 is 11.9 Å². The molecule has 11 heteroatoms. The van der Waals surface area contributed by atoms with Crippen LogP contribution in [0.4, 0.5) is 0 Å². The van der Waals surface area contributed by atoms with Crippen LogP contribution in [0.2, 0.25) is 5.02 Å². The molecule has 0 aliphatic carbocycles. The molecule has 1 aromatic rings. The van der Waals surface area contributed by atoms with Crippen LogP contribution < -0.4 is 22.1 Å². The minimum atomic E-state index is -1.25. The fourth-order valence-electron chi connectivity index (χ4n) is 2.65. The van der Waals surface area contributed by atoms with E-state index in [1.165, 1.54) is 0 Å². The van der Waals surface area contributed by atoms with Gasteiger partial charge in [0.2, 0.25) is 11.8 Å². The molecule has 0 bridgehead atoms. The zero-order chi connectivity index (χ0) is 22.7. The van der Waals surface area contributed by atoms with Gasteiger partial charge in [-0.25, -0.2) is 4.79 Å². The van der Waals surface area contributed by atoms with Crippen LogP contribution in [0.1, 0.15) is 31.2 Å². The van der Waals surface area contributed by atoms with Crippen molar-refractivity contribution in [2.24, 2.45) is 11.5 Å². The van der Waals surface area contributed by atoms with E-state index in [1.807, 2.05) is 0 Å². The molecule has 30 heavy (non-hydrogen) atoms. The molecule has 0 aliphatic rings. The maximum Gasteiger partial charge on any atom is 0.326 e. The van der Waals surface area contributed by atoms with Crippen molar-refractivity contribution >= 4 is 35.4 Å². The average Bonchev–Trinajstić information content (AvgIpc) is 2.68. The molecule has 0 heterocycles. The van der Waals surface area contributed by atoms with Gasteiger partial charge < -0.3 is 32.3 Å². The van der Waals surface area contributed by atoms with Gasteiger partial charge in [0.25, 0.3) is 0 Å². The first-order chi connectivity index (χ1) is 14.1. The topological polar surface area (TPSA) is 185 Å². The Bertz CT molecular complexity index is 760. The number of amides is 2.